The summed E-state index contributed by atoms with van der Waals surface area (Å²) in [5.74, 6) is -2.72. The summed E-state index contributed by atoms with van der Waals surface area (Å²) in [4.78, 5) is 0. The smallest absolute Gasteiger partial charge is 0.187 e. The van der Waals surface area contributed by atoms with E-state index in [1.54, 1.807) is 0 Å². The van der Waals surface area contributed by atoms with Crippen molar-refractivity contribution >= 4 is 0 Å². The molecule has 0 fully saturated rings. The lowest BCUT2D eigenvalue weighted by Gasteiger charge is -2.06. The van der Waals surface area contributed by atoms with E-state index >= 15 is 0 Å². The first-order valence-corrected chi connectivity index (χ1v) is 7.02. The molecule has 0 atom stereocenters. The van der Waals surface area contributed by atoms with Crippen molar-refractivity contribution in [2.24, 2.45) is 0 Å². The van der Waals surface area contributed by atoms with Gasteiger partial charge in [0.25, 0.3) is 0 Å². The summed E-state index contributed by atoms with van der Waals surface area (Å²) in [5, 5.41) is 12.1. The molecular weight excluding hydrogens is 248 g/mol. The highest BCUT2D eigenvalue weighted by Crippen LogP contribution is 2.21. The van der Waals surface area contributed by atoms with Crippen molar-refractivity contribution in [1.29, 1.82) is 0 Å². The lowest BCUT2D eigenvalue weighted by molar-refractivity contribution is 0.395. The topological polar surface area (TPSA) is 32.3 Å². The normalized spacial score (nSPS) is 10.9. The Morgan fingerprint density at radius 3 is 2.21 bits per heavy atom. The zero-order chi connectivity index (χ0) is 14.1. The van der Waals surface area contributed by atoms with Gasteiger partial charge in [-0.25, -0.2) is 8.78 Å². The number of benzene rings is 1. The summed E-state index contributed by atoms with van der Waals surface area (Å²) in [5.41, 5.74) is 0.513. The van der Waals surface area contributed by atoms with Crippen molar-refractivity contribution in [3.05, 3.63) is 29.3 Å². The molecule has 0 heterocycles. The number of hydrogen-bond acceptors (Lipinski definition) is 2. The zero-order valence-corrected chi connectivity index (χ0v) is 11.5. The summed E-state index contributed by atoms with van der Waals surface area (Å²) in [6, 6.07) is 2.32. The second-order valence-electron chi connectivity index (χ2n) is 4.85. The van der Waals surface area contributed by atoms with E-state index in [-0.39, 0.29) is 0 Å². The Bertz CT molecular complexity index is 359. The van der Waals surface area contributed by atoms with Crippen LogP contribution in [0.2, 0.25) is 0 Å². The third-order valence-electron chi connectivity index (χ3n) is 3.11. The largest absolute Gasteiger partial charge is 0.503 e. The molecule has 1 rings (SSSR count). The minimum Gasteiger partial charge on any atom is -0.503 e. The molecule has 4 heteroatoms. The molecule has 0 spiro atoms. The summed E-state index contributed by atoms with van der Waals surface area (Å²) in [6.07, 6.45) is 7.33. The second-order valence-corrected chi connectivity index (χ2v) is 4.85. The van der Waals surface area contributed by atoms with E-state index in [9.17, 15) is 8.78 Å². The van der Waals surface area contributed by atoms with Crippen LogP contribution in [0.15, 0.2) is 12.1 Å². The Morgan fingerprint density at radius 2 is 1.58 bits per heavy atom. The van der Waals surface area contributed by atoms with Crippen LogP contribution in [0.25, 0.3) is 0 Å². The molecule has 1 aromatic carbocycles. The fourth-order valence-electron chi connectivity index (χ4n) is 1.98. The van der Waals surface area contributed by atoms with Crippen molar-refractivity contribution in [1.82, 2.24) is 5.32 Å². The highest BCUT2D eigenvalue weighted by atomic mass is 19.1. The van der Waals surface area contributed by atoms with Crippen LogP contribution in [0.5, 0.6) is 5.75 Å². The van der Waals surface area contributed by atoms with Crippen LogP contribution < -0.4 is 5.32 Å². The summed E-state index contributed by atoms with van der Waals surface area (Å²) >= 11 is 0. The molecule has 0 bridgehead atoms. The summed E-state index contributed by atoms with van der Waals surface area (Å²) < 4.78 is 26.1. The van der Waals surface area contributed by atoms with E-state index < -0.39 is 17.4 Å². The van der Waals surface area contributed by atoms with E-state index in [2.05, 4.69) is 12.2 Å². The van der Waals surface area contributed by atoms with Crippen molar-refractivity contribution in [3.8, 4) is 5.75 Å². The van der Waals surface area contributed by atoms with Crippen LogP contribution in [-0.2, 0) is 6.54 Å². The van der Waals surface area contributed by atoms with Crippen LogP contribution in [-0.4, -0.2) is 11.7 Å². The van der Waals surface area contributed by atoms with Gasteiger partial charge in [0.1, 0.15) is 0 Å². The van der Waals surface area contributed by atoms with Gasteiger partial charge >= 0.3 is 0 Å². The molecule has 0 aliphatic heterocycles. The van der Waals surface area contributed by atoms with Gasteiger partial charge in [-0.1, -0.05) is 39.0 Å². The first-order valence-electron chi connectivity index (χ1n) is 7.02. The van der Waals surface area contributed by atoms with Crippen LogP contribution in [0.4, 0.5) is 8.78 Å². The molecule has 2 nitrogen and oxygen atoms in total. The lowest BCUT2D eigenvalue weighted by atomic mass is 10.1. The van der Waals surface area contributed by atoms with Gasteiger partial charge in [0.05, 0.1) is 0 Å². The number of aromatic hydroxyl groups is 1. The van der Waals surface area contributed by atoms with Gasteiger partial charge in [-0.3, -0.25) is 0 Å². The predicted octanol–water partition coefficient (Wildman–Crippen LogP) is 4.12. The number of halogens is 2. The highest BCUT2D eigenvalue weighted by molar-refractivity contribution is 5.29. The highest BCUT2D eigenvalue weighted by Gasteiger charge is 2.08. The maximum absolute atomic E-state index is 13.1. The second kappa shape index (κ2) is 8.86. The van der Waals surface area contributed by atoms with Gasteiger partial charge in [-0.15, -0.1) is 0 Å². The summed E-state index contributed by atoms with van der Waals surface area (Å²) in [7, 11) is 0. The van der Waals surface area contributed by atoms with Gasteiger partial charge in [-0.2, -0.15) is 0 Å². The molecule has 0 aliphatic carbocycles. The number of rotatable bonds is 9. The number of nitrogens with one attached hydrogen (secondary N) is 1. The van der Waals surface area contributed by atoms with Crippen LogP contribution in [0.1, 0.15) is 51.0 Å². The molecule has 1 aromatic rings. The lowest BCUT2D eigenvalue weighted by Crippen LogP contribution is -2.15. The minimum absolute atomic E-state index is 0.420. The van der Waals surface area contributed by atoms with Crippen LogP contribution >= 0.6 is 0 Å². The van der Waals surface area contributed by atoms with Gasteiger partial charge < -0.3 is 10.4 Å². The van der Waals surface area contributed by atoms with E-state index in [4.69, 9.17) is 5.11 Å². The minimum atomic E-state index is -0.906. The van der Waals surface area contributed by atoms with E-state index in [1.807, 2.05) is 0 Å². The van der Waals surface area contributed by atoms with Crippen molar-refractivity contribution in [2.75, 3.05) is 6.54 Å². The molecule has 0 amide bonds. The Hall–Kier alpha value is -1.16. The van der Waals surface area contributed by atoms with Crippen LogP contribution in [0.3, 0.4) is 0 Å². The first kappa shape index (κ1) is 15.9. The van der Waals surface area contributed by atoms with Gasteiger partial charge in [-0.05, 0) is 30.7 Å². The fraction of sp³-hybridized carbons (Fsp3) is 0.600. The Labute approximate surface area is 113 Å². The number of unbranched alkanes of at least 4 members (excludes halogenated alkanes) is 5. The quantitative estimate of drug-likeness (QED) is 0.662. The number of hydrogen-bond donors (Lipinski definition) is 2. The van der Waals surface area contributed by atoms with E-state index in [0.717, 1.165) is 25.1 Å². The Morgan fingerprint density at radius 1 is 1.00 bits per heavy atom. The number of phenolic OH excluding ortho intramolecular Hbond substituents is 1. The molecule has 0 radical (unpaired) electrons. The third-order valence-corrected chi connectivity index (χ3v) is 3.11. The average Bonchev–Trinajstić information content (AvgIpc) is 2.39. The molecular formula is C15H23F2NO. The van der Waals surface area contributed by atoms with E-state index in [0.29, 0.717) is 12.1 Å². The van der Waals surface area contributed by atoms with Gasteiger partial charge in [0.2, 0.25) is 0 Å². The summed E-state index contributed by atoms with van der Waals surface area (Å²) in [6.45, 7) is 3.46. The maximum atomic E-state index is 13.1. The monoisotopic (exact) mass is 271 g/mol. The van der Waals surface area contributed by atoms with Crippen molar-refractivity contribution in [3.63, 3.8) is 0 Å². The van der Waals surface area contributed by atoms with Crippen LogP contribution in [0, 0.1) is 11.6 Å². The number of phenols is 1. The first-order chi connectivity index (χ1) is 9.15. The van der Waals surface area contributed by atoms with Gasteiger partial charge in [0.15, 0.2) is 17.4 Å². The Balaban J connectivity index is 2.16. The molecule has 0 aromatic heterocycles. The molecule has 108 valence electrons. The molecule has 0 aliphatic rings. The Kier molecular flexibility index (Phi) is 7.41. The molecule has 0 saturated heterocycles. The molecule has 19 heavy (non-hydrogen) atoms. The standard InChI is InChI=1S/C15H23F2NO/c1-2-3-4-5-6-7-8-18-11-12-9-13(16)15(19)14(17)10-12/h9-10,18-19H,2-8,11H2,1H3. The van der Waals surface area contributed by atoms with Crippen molar-refractivity contribution < 1.29 is 13.9 Å². The van der Waals surface area contributed by atoms with E-state index in [1.165, 1.54) is 32.1 Å². The van der Waals surface area contributed by atoms with Gasteiger partial charge in [0, 0.05) is 6.54 Å². The fourth-order valence-corrected chi connectivity index (χ4v) is 1.98. The average molecular weight is 271 g/mol. The van der Waals surface area contributed by atoms with Crippen molar-refractivity contribution in [2.45, 2.75) is 52.0 Å². The third kappa shape index (κ3) is 6.01. The molecule has 2 N–H and O–H groups in total. The maximum Gasteiger partial charge on any atom is 0.187 e. The predicted molar refractivity (Wildman–Crippen MR) is 73.1 cm³/mol. The SMILES string of the molecule is CCCCCCCCNCc1cc(F)c(O)c(F)c1. The molecule has 0 unspecified atom stereocenters. The molecule has 0 saturated carbocycles. The zero-order valence-electron chi connectivity index (χ0n) is 11.5.